The summed E-state index contributed by atoms with van der Waals surface area (Å²) in [6, 6.07) is 6.68. The summed E-state index contributed by atoms with van der Waals surface area (Å²) >= 11 is 0. The van der Waals surface area contributed by atoms with Crippen molar-refractivity contribution in [3.05, 3.63) is 29.8 Å². The molecule has 4 nitrogen and oxygen atoms in total. The van der Waals surface area contributed by atoms with Crippen molar-refractivity contribution >= 4 is 5.91 Å². The van der Waals surface area contributed by atoms with Crippen molar-refractivity contribution in [2.75, 3.05) is 13.1 Å². The molecule has 1 saturated heterocycles. The van der Waals surface area contributed by atoms with Gasteiger partial charge in [0.05, 0.1) is 0 Å². The van der Waals surface area contributed by atoms with Gasteiger partial charge in [0.1, 0.15) is 5.75 Å². The number of carbonyl (C=O) groups excluding carboxylic acids is 1. The van der Waals surface area contributed by atoms with Crippen LogP contribution in [0.1, 0.15) is 29.6 Å². The van der Waals surface area contributed by atoms with Gasteiger partial charge in [-0.05, 0) is 50.6 Å². The number of nitrogens with one attached hydrogen (secondary N) is 2. The van der Waals surface area contributed by atoms with E-state index < -0.39 is 0 Å². The quantitative estimate of drug-likeness (QED) is 0.722. The van der Waals surface area contributed by atoms with Crippen LogP contribution in [0.4, 0.5) is 0 Å². The summed E-state index contributed by atoms with van der Waals surface area (Å²) in [5.74, 6) is 0.0213. The van der Waals surface area contributed by atoms with Crippen LogP contribution in [0.15, 0.2) is 24.3 Å². The first kappa shape index (κ1) is 11.9. The number of aromatic hydroxyl groups is 1. The van der Waals surface area contributed by atoms with Crippen molar-refractivity contribution in [3.63, 3.8) is 0 Å². The summed E-state index contributed by atoms with van der Waals surface area (Å²) in [7, 11) is 0. The number of hydrogen-bond donors (Lipinski definition) is 3. The van der Waals surface area contributed by atoms with E-state index in [0.29, 0.717) is 5.56 Å². The van der Waals surface area contributed by atoms with Gasteiger partial charge in [-0.1, -0.05) is 6.07 Å². The number of carbonyl (C=O) groups is 1. The molecule has 1 fully saturated rings. The predicted octanol–water partition coefficient (Wildman–Crippen LogP) is 1.26. The van der Waals surface area contributed by atoms with Crippen molar-refractivity contribution in [1.29, 1.82) is 0 Å². The zero-order valence-electron chi connectivity index (χ0n) is 9.78. The van der Waals surface area contributed by atoms with E-state index in [1.807, 2.05) is 0 Å². The normalized spacial score (nSPS) is 20.6. The van der Waals surface area contributed by atoms with Crippen LogP contribution in [-0.4, -0.2) is 30.1 Å². The van der Waals surface area contributed by atoms with E-state index in [-0.39, 0.29) is 17.7 Å². The minimum absolute atomic E-state index is 0.104. The predicted molar refractivity (Wildman–Crippen MR) is 66.1 cm³/mol. The summed E-state index contributed by atoms with van der Waals surface area (Å²) in [5.41, 5.74) is 0.516. The molecule has 2 rings (SSSR count). The largest absolute Gasteiger partial charge is 0.508 e. The molecule has 1 aromatic carbocycles. The molecular formula is C13H18N2O2. The molecule has 1 aliphatic rings. The summed E-state index contributed by atoms with van der Waals surface area (Å²) in [6.45, 7) is 1.98. The van der Waals surface area contributed by atoms with Crippen molar-refractivity contribution in [2.45, 2.75) is 25.3 Å². The second-order valence-electron chi connectivity index (χ2n) is 4.40. The zero-order chi connectivity index (χ0) is 12.1. The fourth-order valence-electron chi connectivity index (χ4n) is 2.08. The molecule has 1 aliphatic heterocycles. The van der Waals surface area contributed by atoms with Gasteiger partial charge in [0.25, 0.3) is 5.91 Å². The van der Waals surface area contributed by atoms with Crippen LogP contribution in [0.3, 0.4) is 0 Å². The lowest BCUT2D eigenvalue weighted by Crippen LogP contribution is -2.35. The third-order valence-electron chi connectivity index (χ3n) is 3.02. The molecule has 17 heavy (non-hydrogen) atoms. The number of phenols is 1. The molecule has 0 radical (unpaired) electrons. The van der Waals surface area contributed by atoms with Crippen molar-refractivity contribution in [2.24, 2.45) is 0 Å². The molecule has 92 valence electrons. The maximum Gasteiger partial charge on any atom is 0.251 e. The summed E-state index contributed by atoms with van der Waals surface area (Å²) in [6.07, 6.45) is 3.06. The first-order valence-electron chi connectivity index (χ1n) is 6.06. The smallest absolute Gasteiger partial charge is 0.251 e. The molecule has 3 N–H and O–H groups in total. The number of benzene rings is 1. The highest BCUT2D eigenvalue weighted by atomic mass is 16.3. The highest BCUT2D eigenvalue weighted by molar-refractivity contribution is 5.94. The minimum Gasteiger partial charge on any atom is -0.508 e. The van der Waals surface area contributed by atoms with Gasteiger partial charge in [0, 0.05) is 11.6 Å². The Bertz CT molecular complexity index is 385. The maximum absolute atomic E-state index is 11.9. The Hall–Kier alpha value is -1.55. The first-order valence-corrected chi connectivity index (χ1v) is 6.06. The Morgan fingerprint density at radius 1 is 1.35 bits per heavy atom. The number of hydrogen-bond acceptors (Lipinski definition) is 3. The number of phenolic OH excluding ortho intramolecular Hbond substituents is 1. The van der Waals surface area contributed by atoms with Gasteiger partial charge < -0.3 is 15.7 Å². The third kappa shape index (κ3) is 3.46. The number of rotatable bonds is 2. The summed E-state index contributed by atoms with van der Waals surface area (Å²) in [4.78, 5) is 11.9. The van der Waals surface area contributed by atoms with Gasteiger partial charge in [0.2, 0.25) is 0 Å². The van der Waals surface area contributed by atoms with Crippen molar-refractivity contribution in [1.82, 2.24) is 10.6 Å². The molecule has 1 amide bonds. The Morgan fingerprint density at radius 3 is 3.06 bits per heavy atom. The summed E-state index contributed by atoms with van der Waals surface area (Å²) < 4.78 is 0. The fraction of sp³-hybridized carbons (Fsp3) is 0.462. The Labute approximate surface area is 101 Å². The Kier molecular flexibility index (Phi) is 3.98. The van der Waals surface area contributed by atoms with E-state index in [4.69, 9.17) is 0 Å². The topological polar surface area (TPSA) is 61.4 Å². The number of amides is 1. The highest BCUT2D eigenvalue weighted by Gasteiger charge is 2.15. The van der Waals surface area contributed by atoms with Crippen LogP contribution in [0.5, 0.6) is 5.75 Å². The van der Waals surface area contributed by atoms with Crippen molar-refractivity contribution in [3.8, 4) is 5.75 Å². The highest BCUT2D eigenvalue weighted by Crippen LogP contribution is 2.12. The van der Waals surface area contributed by atoms with E-state index in [1.54, 1.807) is 18.2 Å². The minimum atomic E-state index is -0.104. The van der Waals surface area contributed by atoms with Gasteiger partial charge in [0.15, 0.2) is 0 Å². The molecule has 1 aromatic rings. The van der Waals surface area contributed by atoms with E-state index in [1.165, 1.54) is 6.07 Å². The second-order valence-corrected chi connectivity index (χ2v) is 4.40. The molecule has 1 atom stereocenters. The van der Waals surface area contributed by atoms with Crippen LogP contribution < -0.4 is 10.6 Å². The van der Waals surface area contributed by atoms with E-state index in [2.05, 4.69) is 10.6 Å². The van der Waals surface area contributed by atoms with Crippen LogP contribution in [0, 0.1) is 0 Å². The lowest BCUT2D eigenvalue weighted by molar-refractivity contribution is 0.0933. The average Bonchev–Trinajstić information content (AvgIpc) is 2.57. The molecule has 1 unspecified atom stereocenters. The lowest BCUT2D eigenvalue weighted by atomic mass is 10.1. The zero-order valence-corrected chi connectivity index (χ0v) is 9.78. The van der Waals surface area contributed by atoms with Crippen LogP contribution >= 0.6 is 0 Å². The molecule has 0 saturated carbocycles. The fourth-order valence-corrected chi connectivity index (χ4v) is 2.08. The van der Waals surface area contributed by atoms with Gasteiger partial charge in [-0.2, -0.15) is 0 Å². The molecule has 0 aromatic heterocycles. The maximum atomic E-state index is 11.9. The Morgan fingerprint density at radius 2 is 2.24 bits per heavy atom. The lowest BCUT2D eigenvalue weighted by Gasteiger charge is -2.15. The SMILES string of the molecule is O=C(NC1CCCNCC1)c1cccc(O)c1. The molecule has 0 spiro atoms. The van der Waals surface area contributed by atoms with Gasteiger partial charge in [-0.25, -0.2) is 0 Å². The monoisotopic (exact) mass is 234 g/mol. The molecular weight excluding hydrogens is 216 g/mol. The standard InChI is InChI=1S/C13H18N2O2/c16-12-5-1-3-10(9-12)13(17)15-11-4-2-7-14-8-6-11/h1,3,5,9,11,14,16H,2,4,6-8H2,(H,15,17). The van der Waals surface area contributed by atoms with E-state index in [0.717, 1.165) is 32.4 Å². The van der Waals surface area contributed by atoms with Crippen LogP contribution in [0.2, 0.25) is 0 Å². The van der Waals surface area contributed by atoms with Gasteiger partial charge in [-0.15, -0.1) is 0 Å². The van der Waals surface area contributed by atoms with E-state index >= 15 is 0 Å². The second kappa shape index (κ2) is 5.68. The molecule has 4 heteroatoms. The first-order chi connectivity index (χ1) is 8.25. The van der Waals surface area contributed by atoms with Crippen molar-refractivity contribution < 1.29 is 9.90 Å². The molecule has 0 aliphatic carbocycles. The third-order valence-corrected chi connectivity index (χ3v) is 3.02. The molecule has 0 bridgehead atoms. The Balaban J connectivity index is 1.96. The van der Waals surface area contributed by atoms with Gasteiger partial charge >= 0.3 is 0 Å². The summed E-state index contributed by atoms with van der Waals surface area (Å²) in [5, 5.41) is 15.6. The van der Waals surface area contributed by atoms with Gasteiger partial charge in [-0.3, -0.25) is 4.79 Å². The molecule has 1 heterocycles. The van der Waals surface area contributed by atoms with E-state index in [9.17, 15) is 9.90 Å². The average molecular weight is 234 g/mol. The van der Waals surface area contributed by atoms with Crippen LogP contribution in [-0.2, 0) is 0 Å². The van der Waals surface area contributed by atoms with Crippen LogP contribution in [0.25, 0.3) is 0 Å².